The van der Waals surface area contributed by atoms with E-state index < -0.39 is 0 Å². The molecule has 2 aromatic rings. The molecule has 1 heterocycles. The van der Waals surface area contributed by atoms with E-state index in [0.717, 1.165) is 11.1 Å². The largest absolute Gasteiger partial charge is 0.439 e. The highest BCUT2D eigenvalue weighted by Gasteiger charge is 2.01. The Kier molecular flexibility index (Phi) is 8.17. The van der Waals surface area contributed by atoms with Crippen molar-refractivity contribution in [2.45, 2.75) is 13.5 Å². The Morgan fingerprint density at radius 3 is 2.71 bits per heavy atom. The Bertz CT molecular complexity index is 704. The van der Waals surface area contributed by atoms with E-state index in [1.807, 2.05) is 13.0 Å². The SMILES string of the molecule is C=C(C)CNC(N)=NCc1ccnc(Oc2ccc(F)cc2)c1.I. The van der Waals surface area contributed by atoms with Gasteiger partial charge in [-0.3, -0.25) is 0 Å². The van der Waals surface area contributed by atoms with E-state index in [9.17, 15) is 4.39 Å². The van der Waals surface area contributed by atoms with Crippen LogP contribution in [-0.2, 0) is 6.54 Å². The van der Waals surface area contributed by atoms with Crippen molar-refractivity contribution in [1.29, 1.82) is 0 Å². The van der Waals surface area contributed by atoms with Crippen LogP contribution < -0.4 is 15.8 Å². The molecule has 0 fully saturated rings. The van der Waals surface area contributed by atoms with Crippen LogP contribution in [0.2, 0.25) is 0 Å². The Morgan fingerprint density at radius 1 is 1.33 bits per heavy atom. The molecule has 0 aliphatic heterocycles. The van der Waals surface area contributed by atoms with Crippen molar-refractivity contribution in [1.82, 2.24) is 10.3 Å². The number of aliphatic imine (C=N–C) groups is 1. The Hall–Kier alpha value is -2.16. The minimum absolute atomic E-state index is 0. The summed E-state index contributed by atoms with van der Waals surface area (Å²) in [7, 11) is 0. The maximum atomic E-state index is 12.9. The maximum Gasteiger partial charge on any atom is 0.219 e. The van der Waals surface area contributed by atoms with Gasteiger partial charge in [-0.15, -0.1) is 24.0 Å². The van der Waals surface area contributed by atoms with Crippen LogP contribution in [0, 0.1) is 5.82 Å². The zero-order valence-corrected chi connectivity index (χ0v) is 15.7. The number of benzene rings is 1. The number of nitrogens with two attached hydrogens (primary N) is 1. The van der Waals surface area contributed by atoms with Crippen molar-refractivity contribution in [3.8, 4) is 11.6 Å². The summed E-state index contributed by atoms with van der Waals surface area (Å²) in [6, 6.07) is 9.34. The number of nitrogens with one attached hydrogen (secondary N) is 1. The van der Waals surface area contributed by atoms with Crippen LogP contribution in [0.3, 0.4) is 0 Å². The fraction of sp³-hybridized carbons (Fsp3) is 0.176. The lowest BCUT2D eigenvalue weighted by atomic mass is 10.2. The summed E-state index contributed by atoms with van der Waals surface area (Å²) >= 11 is 0. The molecule has 0 radical (unpaired) electrons. The van der Waals surface area contributed by atoms with Crippen LogP contribution in [0.5, 0.6) is 11.6 Å². The van der Waals surface area contributed by atoms with E-state index in [-0.39, 0.29) is 29.8 Å². The quantitative estimate of drug-likeness (QED) is 0.310. The second-order valence-corrected chi connectivity index (χ2v) is 5.07. The zero-order valence-electron chi connectivity index (χ0n) is 13.3. The summed E-state index contributed by atoms with van der Waals surface area (Å²) in [5, 5.41) is 2.96. The summed E-state index contributed by atoms with van der Waals surface area (Å²) in [5.41, 5.74) is 7.64. The molecule has 1 aromatic carbocycles. The molecule has 0 saturated heterocycles. The summed E-state index contributed by atoms with van der Waals surface area (Å²) in [5.74, 6) is 0.969. The van der Waals surface area contributed by atoms with Crippen LogP contribution in [-0.4, -0.2) is 17.5 Å². The summed E-state index contributed by atoms with van der Waals surface area (Å²) < 4.78 is 18.4. The van der Waals surface area contributed by atoms with Gasteiger partial charge in [0.05, 0.1) is 6.54 Å². The predicted octanol–water partition coefficient (Wildman–Crippen LogP) is 3.61. The molecule has 0 aliphatic rings. The number of nitrogens with zero attached hydrogens (tertiary/aromatic N) is 2. The average molecular weight is 442 g/mol. The molecule has 0 amide bonds. The molecule has 0 atom stereocenters. The topological polar surface area (TPSA) is 72.5 Å². The normalized spacial score (nSPS) is 10.7. The molecule has 128 valence electrons. The van der Waals surface area contributed by atoms with E-state index in [4.69, 9.17) is 10.5 Å². The standard InChI is InChI=1S/C17H19FN4O.HI/c1-12(2)10-21-17(19)22-11-13-7-8-20-16(9-13)23-15-5-3-14(18)4-6-15;/h3-9H,1,10-11H2,2H3,(H3,19,21,22);1H. The third-order valence-corrected chi connectivity index (χ3v) is 2.84. The molecule has 0 aliphatic carbocycles. The summed E-state index contributed by atoms with van der Waals surface area (Å²) in [4.78, 5) is 8.36. The van der Waals surface area contributed by atoms with Crippen molar-refractivity contribution in [2.24, 2.45) is 10.7 Å². The molecule has 0 spiro atoms. The van der Waals surface area contributed by atoms with Crippen LogP contribution in [0.25, 0.3) is 0 Å². The summed E-state index contributed by atoms with van der Waals surface area (Å²) in [6.45, 7) is 6.67. The smallest absolute Gasteiger partial charge is 0.219 e. The molecule has 7 heteroatoms. The second-order valence-electron chi connectivity index (χ2n) is 5.07. The third kappa shape index (κ3) is 6.95. The van der Waals surface area contributed by atoms with Crippen molar-refractivity contribution in [3.63, 3.8) is 0 Å². The van der Waals surface area contributed by atoms with Crippen LogP contribution >= 0.6 is 24.0 Å². The monoisotopic (exact) mass is 442 g/mol. The average Bonchev–Trinajstić information content (AvgIpc) is 2.53. The van der Waals surface area contributed by atoms with E-state index in [2.05, 4.69) is 21.9 Å². The van der Waals surface area contributed by atoms with Gasteiger partial charge in [-0.2, -0.15) is 0 Å². The number of guanidine groups is 1. The van der Waals surface area contributed by atoms with Gasteiger partial charge in [0.15, 0.2) is 5.96 Å². The number of hydrogen-bond donors (Lipinski definition) is 2. The van der Waals surface area contributed by atoms with Crippen molar-refractivity contribution < 1.29 is 9.13 Å². The lowest BCUT2D eigenvalue weighted by Crippen LogP contribution is -2.32. The molecular weight excluding hydrogens is 422 g/mol. The fourth-order valence-electron chi connectivity index (χ4n) is 1.70. The van der Waals surface area contributed by atoms with Crippen molar-refractivity contribution >= 4 is 29.9 Å². The first-order valence-electron chi connectivity index (χ1n) is 7.09. The fourth-order valence-corrected chi connectivity index (χ4v) is 1.70. The van der Waals surface area contributed by atoms with E-state index >= 15 is 0 Å². The van der Waals surface area contributed by atoms with E-state index in [0.29, 0.717) is 30.7 Å². The lowest BCUT2D eigenvalue weighted by Gasteiger charge is -2.07. The zero-order chi connectivity index (χ0) is 16.7. The second kappa shape index (κ2) is 9.86. The van der Waals surface area contributed by atoms with Gasteiger partial charge in [0.1, 0.15) is 11.6 Å². The lowest BCUT2D eigenvalue weighted by molar-refractivity contribution is 0.460. The van der Waals surface area contributed by atoms with E-state index in [1.165, 1.54) is 12.1 Å². The van der Waals surface area contributed by atoms with E-state index in [1.54, 1.807) is 24.4 Å². The number of ether oxygens (including phenoxy) is 1. The Labute approximate surface area is 157 Å². The van der Waals surface area contributed by atoms with Gasteiger partial charge < -0.3 is 15.8 Å². The number of rotatable bonds is 6. The van der Waals surface area contributed by atoms with Crippen molar-refractivity contribution in [2.75, 3.05) is 6.54 Å². The summed E-state index contributed by atoms with van der Waals surface area (Å²) in [6.07, 6.45) is 1.63. The van der Waals surface area contributed by atoms with Crippen LogP contribution in [0.1, 0.15) is 12.5 Å². The molecule has 3 N–H and O–H groups in total. The predicted molar refractivity (Wildman–Crippen MR) is 104 cm³/mol. The molecule has 0 saturated carbocycles. The number of hydrogen-bond acceptors (Lipinski definition) is 3. The van der Waals surface area contributed by atoms with Gasteiger partial charge in [-0.05, 0) is 42.8 Å². The van der Waals surface area contributed by atoms with Gasteiger partial charge in [-0.1, -0.05) is 12.2 Å². The molecule has 5 nitrogen and oxygen atoms in total. The number of halogens is 2. The van der Waals surface area contributed by atoms with Crippen LogP contribution in [0.4, 0.5) is 4.39 Å². The first-order chi connectivity index (χ1) is 11.0. The highest BCUT2D eigenvalue weighted by molar-refractivity contribution is 14.0. The molecule has 1 aromatic heterocycles. The Morgan fingerprint density at radius 2 is 2.04 bits per heavy atom. The number of pyridine rings is 1. The molecule has 0 unspecified atom stereocenters. The Balaban J connectivity index is 0.00000288. The van der Waals surface area contributed by atoms with Gasteiger partial charge in [0, 0.05) is 18.8 Å². The van der Waals surface area contributed by atoms with Crippen molar-refractivity contribution in [3.05, 3.63) is 66.1 Å². The minimum atomic E-state index is -0.314. The molecule has 24 heavy (non-hydrogen) atoms. The molecule has 0 bridgehead atoms. The van der Waals surface area contributed by atoms with Gasteiger partial charge >= 0.3 is 0 Å². The maximum absolute atomic E-state index is 12.9. The highest BCUT2D eigenvalue weighted by atomic mass is 127. The first-order valence-corrected chi connectivity index (χ1v) is 7.09. The van der Waals surface area contributed by atoms with Gasteiger partial charge in [0.25, 0.3) is 0 Å². The van der Waals surface area contributed by atoms with Crippen LogP contribution in [0.15, 0.2) is 59.7 Å². The number of aromatic nitrogens is 1. The van der Waals surface area contributed by atoms with Gasteiger partial charge in [-0.25, -0.2) is 14.4 Å². The van der Waals surface area contributed by atoms with Gasteiger partial charge in [0.2, 0.25) is 5.88 Å². The highest BCUT2D eigenvalue weighted by Crippen LogP contribution is 2.20. The third-order valence-electron chi connectivity index (χ3n) is 2.84. The molecule has 2 rings (SSSR count). The molecular formula is C17H20FIN4O. The first kappa shape index (κ1) is 19.9. The minimum Gasteiger partial charge on any atom is -0.439 e.